The molecule has 0 aliphatic carbocycles. The van der Waals surface area contributed by atoms with Crippen molar-refractivity contribution in [1.29, 1.82) is 0 Å². The fourth-order valence-electron chi connectivity index (χ4n) is 1.38. The van der Waals surface area contributed by atoms with Gasteiger partial charge < -0.3 is 9.88 Å². The summed E-state index contributed by atoms with van der Waals surface area (Å²) >= 11 is 3.25. The number of imidazole rings is 1. The molecule has 0 aliphatic heterocycles. The van der Waals surface area contributed by atoms with Gasteiger partial charge in [0.2, 0.25) is 0 Å². The quantitative estimate of drug-likeness (QED) is 0.914. The van der Waals surface area contributed by atoms with Crippen molar-refractivity contribution in [2.45, 2.75) is 6.54 Å². The SMILES string of the molecule is Cn1ccnc1CNc1cnn(C)c(=O)c1Br. The van der Waals surface area contributed by atoms with Crippen molar-refractivity contribution in [3.05, 3.63) is 39.2 Å². The van der Waals surface area contributed by atoms with Gasteiger partial charge in [-0.15, -0.1) is 0 Å². The third kappa shape index (κ3) is 2.38. The summed E-state index contributed by atoms with van der Waals surface area (Å²) in [6.45, 7) is 0.539. The van der Waals surface area contributed by atoms with E-state index in [4.69, 9.17) is 0 Å². The molecule has 90 valence electrons. The summed E-state index contributed by atoms with van der Waals surface area (Å²) in [6.07, 6.45) is 5.21. The van der Waals surface area contributed by atoms with Crippen LogP contribution in [0, 0.1) is 0 Å². The van der Waals surface area contributed by atoms with Crippen LogP contribution in [0.4, 0.5) is 5.69 Å². The first-order valence-corrected chi connectivity index (χ1v) is 5.81. The van der Waals surface area contributed by atoms with Crippen molar-refractivity contribution in [2.75, 3.05) is 5.32 Å². The minimum atomic E-state index is -0.171. The summed E-state index contributed by atoms with van der Waals surface area (Å²) in [5.41, 5.74) is 0.492. The summed E-state index contributed by atoms with van der Waals surface area (Å²) in [6, 6.07) is 0. The molecule has 0 bridgehead atoms. The molecule has 6 nitrogen and oxygen atoms in total. The monoisotopic (exact) mass is 297 g/mol. The maximum absolute atomic E-state index is 11.6. The van der Waals surface area contributed by atoms with E-state index in [1.165, 1.54) is 4.68 Å². The third-order valence-electron chi connectivity index (χ3n) is 2.44. The normalized spacial score (nSPS) is 10.5. The molecule has 0 saturated heterocycles. The van der Waals surface area contributed by atoms with Gasteiger partial charge in [0.25, 0.3) is 5.56 Å². The van der Waals surface area contributed by atoms with Gasteiger partial charge in [-0.05, 0) is 15.9 Å². The van der Waals surface area contributed by atoms with Gasteiger partial charge in [-0.2, -0.15) is 5.10 Å². The van der Waals surface area contributed by atoms with Gasteiger partial charge in [0.1, 0.15) is 10.3 Å². The van der Waals surface area contributed by atoms with Crippen molar-refractivity contribution < 1.29 is 0 Å². The first-order chi connectivity index (χ1) is 8.09. The lowest BCUT2D eigenvalue weighted by molar-refractivity contribution is 0.702. The summed E-state index contributed by atoms with van der Waals surface area (Å²) < 4.78 is 3.66. The van der Waals surface area contributed by atoms with Crippen LogP contribution in [-0.4, -0.2) is 19.3 Å². The minimum absolute atomic E-state index is 0.171. The zero-order valence-electron chi connectivity index (χ0n) is 9.51. The maximum Gasteiger partial charge on any atom is 0.282 e. The van der Waals surface area contributed by atoms with Crippen LogP contribution in [0.15, 0.2) is 27.9 Å². The predicted octanol–water partition coefficient (Wildman–Crippen LogP) is 0.888. The van der Waals surface area contributed by atoms with Crippen molar-refractivity contribution in [3.8, 4) is 0 Å². The van der Waals surface area contributed by atoms with Gasteiger partial charge in [-0.3, -0.25) is 4.79 Å². The van der Waals surface area contributed by atoms with E-state index in [0.29, 0.717) is 16.7 Å². The lowest BCUT2D eigenvalue weighted by atomic mass is 10.4. The molecule has 1 N–H and O–H groups in total. The van der Waals surface area contributed by atoms with Crippen LogP contribution >= 0.6 is 15.9 Å². The second-order valence-electron chi connectivity index (χ2n) is 3.61. The van der Waals surface area contributed by atoms with E-state index >= 15 is 0 Å². The molecule has 0 fully saturated rings. The number of halogens is 1. The van der Waals surface area contributed by atoms with Crippen LogP contribution in [0.5, 0.6) is 0 Å². The average Bonchev–Trinajstić information content (AvgIpc) is 2.71. The molecular formula is C10H12BrN5O. The second kappa shape index (κ2) is 4.70. The molecule has 7 heteroatoms. The summed E-state index contributed by atoms with van der Waals surface area (Å²) in [4.78, 5) is 15.8. The van der Waals surface area contributed by atoms with Gasteiger partial charge in [0.15, 0.2) is 0 Å². The minimum Gasteiger partial charge on any atom is -0.375 e. The van der Waals surface area contributed by atoms with Crippen LogP contribution in [0.2, 0.25) is 0 Å². The number of nitrogens with one attached hydrogen (secondary N) is 1. The van der Waals surface area contributed by atoms with Gasteiger partial charge in [0.05, 0.1) is 18.4 Å². The lowest BCUT2D eigenvalue weighted by Crippen LogP contribution is -2.21. The molecule has 2 aromatic rings. The molecular weight excluding hydrogens is 286 g/mol. The molecule has 0 aromatic carbocycles. The third-order valence-corrected chi connectivity index (χ3v) is 3.20. The highest BCUT2D eigenvalue weighted by Gasteiger charge is 2.07. The number of hydrogen-bond acceptors (Lipinski definition) is 4. The van der Waals surface area contributed by atoms with Gasteiger partial charge in [-0.25, -0.2) is 9.67 Å². The molecule has 2 aromatic heterocycles. The number of rotatable bonds is 3. The van der Waals surface area contributed by atoms with Crippen molar-refractivity contribution in [3.63, 3.8) is 0 Å². The summed E-state index contributed by atoms with van der Waals surface area (Å²) in [5, 5.41) is 7.06. The largest absolute Gasteiger partial charge is 0.375 e. The molecule has 0 radical (unpaired) electrons. The van der Waals surface area contributed by atoms with Crippen LogP contribution in [-0.2, 0) is 20.6 Å². The smallest absolute Gasteiger partial charge is 0.282 e. The molecule has 0 atom stereocenters. The Morgan fingerprint density at radius 2 is 2.24 bits per heavy atom. The highest BCUT2D eigenvalue weighted by molar-refractivity contribution is 9.10. The van der Waals surface area contributed by atoms with Gasteiger partial charge >= 0.3 is 0 Å². The van der Waals surface area contributed by atoms with Crippen molar-refractivity contribution in [2.24, 2.45) is 14.1 Å². The molecule has 0 aliphatic rings. The molecule has 0 amide bonds. The number of anilines is 1. The first kappa shape index (κ1) is 11.8. The first-order valence-electron chi connectivity index (χ1n) is 5.01. The van der Waals surface area contributed by atoms with Gasteiger partial charge in [-0.1, -0.05) is 0 Å². The molecule has 0 saturated carbocycles. The van der Waals surface area contributed by atoms with Crippen molar-refractivity contribution in [1.82, 2.24) is 19.3 Å². The number of hydrogen-bond donors (Lipinski definition) is 1. The topological polar surface area (TPSA) is 64.7 Å². The molecule has 0 unspecified atom stereocenters. The fraction of sp³-hybridized carbons (Fsp3) is 0.300. The van der Waals surface area contributed by atoms with Gasteiger partial charge in [0, 0.05) is 26.5 Å². The Hall–Kier alpha value is -1.63. The number of aromatic nitrogens is 4. The Morgan fingerprint density at radius 1 is 1.47 bits per heavy atom. The van der Waals surface area contributed by atoms with E-state index in [1.807, 2.05) is 17.8 Å². The van der Waals surface area contributed by atoms with Crippen LogP contribution in [0.3, 0.4) is 0 Å². The van der Waals surface area contributed by atoms with E-state index in [2.05, 4.69) is 31.3 Å². The number of nitrogens with zero attached hydrogens (tertiary/aromatic N) is 4. The molecule has 2 rings (SSSR count). The van der Waals surface area contributed by atoms with E-state index in [-0.39, 0.29) is 5.56 Å². The van der Waals surface area contributed by atoms with Crippen LogP contribution < -0.4 is 10.9 Å². The second-order valence-corrected chi connectivity index (χ2v) is 4.40. The van der Waals surface area contributed by atoms with Crippen LogP contribution in [0.1, 0.15) is 5.82 Å². The lowest BCUT2D eigenvalue weighted by Gasteiger charge is -2.08. The van der Waals surface area contributed by atoms with Crippen LogP contribution in [0.25, 0.3) is 0 Å². The summed E-state index contributed by atoms with van der Waals surface area (Å²) in [5.74, 6) is 0.887. The standard InChI is InChI=1S/C10H12BrN5O/c1-15-4-3-12-8(15)6-13-7-5-14-16(2)10(17)9(7)11/h3-5,13H,6H2,1-2H3. The van der Waals surface area contributed by atoms with E-state index in [1.54, 1.807) is 19.4 Å². The average molecular weight is 298 g/mol. The Labute approximate surface area is 106 Å². The van der Waals surface area contributed by atoms with E-state index in [9.17, 15) is 4.79 Å². The van der Waals surface area contributed by atoms with E-state index < -0.39 is 0 Å². The predicted molar refractivity (Wildman–Crippen MR) is 67.7 cm³/mol. The highest BCUT2D eigenvalue weighted by atomic mass is 79.9. The van der Waals surface area contributed by atoms with Crippen molar-refractivity contribution >= 4 is 21.6 Å². The van der Waals surface area contributed by atoms with E-state index in [0.717, 1.165) is 5.82 Å². The maximum atomic E-state index is 11.6. The molecule has 2 heterocycles. The highest BCUT2D eigenvalue weighted by Crippen LogP contribution is 2.16. The Bertz CT molecular complexity index is 589. The molecule has 17 heavy (non-hydrogen) atoms. The number of aryl methyl sites for hydroxylation is 2. The Kier molecular flexibility index (Phi) is 3.28. The summed E-state index contributed by atoms with van der Waals surface area (Å²) in [7, 11) is 3.52. The zero-order chi connectivity index (χ0) is 12.4. The Morgan fingerprint density at radius 3 is 2.88 bits per heavy atom. The Balaban J connectivity index is 2.18. The fourth-order valence-corrected chi connectivity index (χ4v) is 1.87. The zero-order valence-corrected chi connectivity index (χ0v) is 11.1. The molecule has 0 spiro atoms.